The van der Waals surface area contributed by atoms with Gasteiger partial charge in [0, 0.05) is 0 Å². The quantitative estimate of drug-likeness (QED) is 0.615. The number of hydrogen-bond donors (Lipinski definition) is 1. The SMILES string of the molecule is CCCCNCCC1=CCC(C(C)C)=C1C(C)C. The highest BCUT2D eigenvalue weighted by atomic mass is 14.8. The molecule has 1 aliphatic carbocycles. The Balaban J connectivity index is 2.51. The minimum Gasteiger partial charge on any atom is -0.316 e. The van der Waals surface area contributed by atoms with Crippen LogP contribution in [0.4, 0.5) is 0 Å². The minimum atomic E-state index is 0.673. The first-order valence-electron chi connectivity index (χ1n) is 7.70. The summed E-state index contributed by atoms with van der Waals surface area (Å²) in [5.74, 6) is 1.37. The van der Waals surface area contributed by atoms with Crippen LogP contribution in [0.15, 0.2) is 22.8 Å². The van der Waals surface area contributed by atoms with Crippen molar-refractivity contribution in [2.45, 2.75) is 60.3 Å². The van der Waals surface area contributed by atoms with E-state index >= 15 is 0 Å². The van der Waals surface area contributed by atoms with Gasteiger partial charge in [-0.15, -0.1) is 0 Å². The second-order valence-corrected chi connectivity index (χ2v) is 6.04. The molecule has 0 aromatic rings. The first kappa shape index (κ1) is 15.5. The highest BCUT2D eigenvalue weighted by molar-refractivity contribution is 5.44. The van der Waals surface area contributed by atoms with Crippen molar-refractivity contribution in [2.75, 3.05) is 13.1 Å². The lowest BCUT2D eigenvalue weighted by Gasteiger charge is -2.18. The Morgan fingerprint density at radius 2 is 1.83 bits per heavy atom. The van der Waals surface area contributed by atoms with Gasteiger partial charge in [0.1, 0.15) is 0 Å². The van der Waals surface area contributed by atoms with Gasteiger partial charge in [-0.3, -0.25) is 0 Å². The van der Waals surface area contributed by atoms with Crippen molar-refractivity contribution in [3.05, 3.63) is 22.8 Å². The Labute approximate surface area is 114 Å². The fourth-order valence-electron chi connectivity index (χ4n) is 2.83. The molecule has 0 unspecified atom stereocenters. The zero-order chi connectivity index (χ0) is 13.5. The molecule has 0 fully saturated rings. The van der Waals surface area contributed by atoms with Crippen LogP contribution in [0.5, 0.6) is 0 Å². The van der Waals surface area contributed by atoms with Gasteiger partial charge in [0.05, 0.1) is 0 Å². The molecular weight excluding hydrogens is 218 g/mol. The maximum Gasteiger partial charge on any atom is -0.000836 e. The standard InChI is InChI=1S/C17H31N/c1-6-7-11-18-12-10-15-8-9-16(13(2)3)17(15)14(4)5/h8,13-14,18H,6-7,9-12H2,1-5H3. The van der Waals surface area contributed by atoms with Crippen molar-refractivity contribution in [2.24, 2.45) is 11.8 Å². The third-order valence-corrected chi connectivity index (χ3v) is 3.81. The minimum absolute atomic E-state index is 0.673. The first-order valence-corrected chi connectivity index (χ1v) is 7.70. The van der Waals surface area contributed by atoms with E-state index in [9.17, 15) is 0 Å². The van der Waals surface area contributed by atoms with Gasteiger partial charge < -0.3 is 5.32 Å². The molecule has 0 atom stereocenters. The van der Waals surface area contributed by atoms with Crippen LogP contribution in [0.25, 0.3) is 0 Å². The molecule has 0 spiro atoms. The molecule has 1 heteroatoms. The van der Waals surface area contributed by atoms with Crippen LogP contribution in [0.1, 0.15) is 60.3 Å². The van der Waals surface area contributed by atoms with E-state index in [-0.39, 0.29) is 0 Å². The van der Waals surface area contributed by atoms with Gasteiger partial charge in [0.2, 0.25) is 0 Å². The predicted octanol–water partition coefficient (Wildman–Crippen LogP) is 4.70. The molecule has 1 N–H and O–H groups in total. The highest BCUT2D eigenvalue weighted by Crippen LogP contribution is 2.37. The normalized spacial score (nSPS) is 16.1. The third kappa shape index (κ3) is 4.28. The molecule has 1 nitrogen and oxygen atoms in total. The summed E-state index contributed by atoms with van der Waals surface area (Å²) in [5, 5.41) is 3.55. The fraction of sp³-hybridized carbons (Fsp3) is 0.765. The van der Waals surface area contributed by atoms with E-state index in [1.165, 1.54) is 32.2 Å². The lowest BCUT2D eigenvalue weighted by atomic mass is 9.88. The second-order valence-electron chi connectivity index (χ2n) is 6.04. The van der Waals surface area contributed by atoms with Gasteiger partial charge in [-0.25, -0.2) is 0 Å². The van der Waals surface area contributed by atoms with E-state index in [1.807, 2.05) is 0 Å². The van der Waals surface area contributed by atoms with E-state index in [2.05, 4.69) is 46.0 Å². The number of nitrogens with one attached hydrogen (secondary N) is 1. The zero-order valence-electron chi connectivity index (χ0n) is 13.0. The van der Waals surface area contributed by atoms with Crippen LogP contribution in [0, 0.1) is 11.8 Å². The Bertz CT molecular complexity index is 308. The average Bonchev–Trinajstić information content (AvgIpc) is 2.72. The van der Waals surface area contributed by atoms with Crippen LogP contribution in [0.2, 0.25) is 0 Å². The summed E-state index contributed by atoms with van der Waals surface area (Å²) >= 11 is 0. The van der Waals surface area contributed by atoms with Crippen LogP contribution in [0.3, 0.4) is 0 Å². The summed E-state index contributed by atoms with van der Waals surface area (Å²) in [6.07, 6.45) is 7.43. The van der Waals surface area contributed by atoms with Crippen molar-refractivity contribution in [1.82, 2.24) is 5.32 Å². The summed E-state index contributed by atoms with van der Waals surface area (Å²) in [6, 6.07) is 0. The average molecular weight is 249 g/mol. The van der Waals surface area contributed by atoms with E-state index in [0.717, 1.165) is 6.54 Å². The number of rotatable bonds is 8. The topological polar surface area (TPSA) is 12.0 Å². The molecule has 0 aromatic heterocycles. The van der Waals surface area contributed by atoms with Crippen LogP contribution in [-0.2, 0) is 0 Å². The van der Waals surface area contributed by atoms with Gasteiger partial charge in [-0.05, 0) is 55.3 Å². The molecule has 0 aliphatic heterocycles. The lowest BCUT2D eigenvalue weighted by molar-refractivity contribution is 0.632. The monoisotopic (exact) mass is 249 g/mol. The van der Waals surface area contributed by atoms with Gasteiger partial charge in [0.25, 0.3) is 0 Å². The molecular formula is C17H31N. The smallest absolute Gasteiger partial charge is 0.000836 e. The van der Waals surface area contributed by atoms with E-state index in [4.69, 9.17) is 0 Å². The summed E-state index contributed by atoms with van der Waals surface area (Å²) in [7, 11) is 0. The zero-order valence-corrected chi connectivity index (χ0v) is 13.0. The Morgan fingerprint density at radius 3 is 2.39 bits per heavy atom. The molecule has 0 radical (unpaired) electrons. The van der Waals surface area contributed by atoms with Gasteiger partial charge >= 0.3 is 0 Å². The Kier molecular flexibility index (Phi) is 6.70. The molecule has 1 rings (SSSR count). The van der Waals surface area contributed by atoms with Crippen molar-refractivity contribution in [3.63, 3.8) is 0 Å². The largest absolute Gasteiger partial charge is 0.316 e. The molecule has 0 amide bonds. The van der Waals surface area contributed by atoms with Gasteiger partial charge in [-0.1, -0.05) is 52.7 Å². The molecule has 0 aromatic carbocycles. The van der Waals surface area contributed by atoms with Crippen molar-refractivity contribution in [3.8, 4) is 0 Å². The third-order valence-electron chi connectivity index (χ3n) is 3.81. The van der Waals surface area contributed by atoms with E-state index < -0.39 is 0 Å². The molecule has 0 saturated carbocycles. The predicted molar refractivity (Wildman–Crippen MR) is 81.8 cm³/mol. The first-order chi connectivity index (χ1) is 8.57. The summed E-state index contributed by atoms with van der Waals surface area (Å²) < 4.78 is 0. The Morgan fingerprint density at radius 1 is 1.11 bits per heavy atom. The second kappa shape index (κ2) is 7.78. The number of allylic oxidation sites excluding steroid dienone is 3. The maximum atomic E-state index is 3.55. The number of hydrogen-bond acceptors (Lipinski definition) is 1. The van der Waals surface area contributed by atoms with Gasteiger partial charge in [-0.2, -0.15) is 0 Å². The molecule has 0 heterocycles. The molecule has 104 valence electrons. The lowest BCUT2D eigenvalue weighted by Crippen LogP contribution is -2.17. The van der Waals surface area contributed by atoms with Gasteiger partial charge in [0.15, 0.2) is 0 Å². The van der Waals surface area contributed by atoms with E-state index in [0.29, 0.717) is 11.8 Å². The number of unbranched alkanes of at least 4 members (excludes halogenated alkanes) is 1. The molecule has 1 aliphatic rings. The van der Waals surface area contributed by atoms with E-state index in [1.54, 1.807) is 16.7 Å². The fourth-order valence-corrected chi connectivity index (χ4v) is 2.83. The van der Waals surface area contributed by atoms with Crippen molar-refractivity contribution >= 4 is 0 Å². The molecule has 0 saturated heterocycles. The van der Waals surface area contributed by atoms with Crippen molar-refractivity contribution in [1.29, 1.82) is 0 Å². The molecule has 0 bridgehead atoms. The van der Waals surface area contributed by atoms with Crippen LogP contribution < -0.4 is 5.32 Å². The summed E-state index contributed by atoms with van der Waals surface area (Å²) in [6.45, 7) is 13.9. The summed E-state index contributed by atoms with van der Waals surface area (Å²) in [4.78, 5) is 0. The molecule has 18 heavy (non-hydrogen) atoms. The van der Waals surface area contributed by atoms with Crippen LogP contribution in [-0.4, -0.2) is 13.1 Å². The van der Waals surface area contributed by atoms with Crippen LogP contribution >= 0.6 is 0 Å². The summed E-state index contributed by atoms with van der Waals surface area (Å²) in [5.41, 5.74) is 4.94. The highest BCUT2D eigenvalue weighted by Gasteiger charge is 2.21. The van der Waals surface area contributed by atoms with Crippen molar-refractivity contribution < 1.29 is 0 Å². The maximum absolute atomic E-state index is 3.55. The Hall–Kier alpha value is -0.560.